The van der Waals surface area contributed by atoms with Crippen LogP contribution in [0.1, 0.15) is 18.2 Å². The van der Waals surface area contributed by atoms with Crippen LogP contribution in [-0.4, -0.2) is 9.13 Å². The highest BCUT2D eigenvalue weighted by Gasteiger charge is 2.14. The van der Waals surface area contributed by atoms with Gasteiger partial charge in [-0.15, -0.1) is 0 Å². The monoisotopic (exact) mass is 502 g/mol. The summed E-state index contributed by atoms with van der Waals surface area (Å²) in [5.74, 6) is 0. The third-order valence-electron chi connectivity index (χ3n) is 7.36. The van der Waals surface area contributed by atoms with Crippen molar-refractivity contribution < 1.29 is 0 Å². The molecule has 2 heteroatoms. The number of nitrogens with zero attached hydrogens (tertiary/aromatic N) is 2. The molecule has 0 saturated heterocycles. The minimum absolute atomic E-state index is 0.961. The normalized spacial score (nSPS) is 12.1. The van der Waals surface area contributed by atoms with Gasteiger partial charge < -0.3 is 9.13 Å². The van der Waals surface area contributed by atoms with Crippen molar-refractivity contribution in [2.45, 2.75) is 6.92 Å². The summed E-state index contributed by atoms with van der Waals surface area (Å²) in [6.45, 7) is 14.5. The van der Waals surface area contributed by atoms with Crippen molar-refractivity contribution in [2.75, 3.05) is 0 Å². The quantitative estimate of drug-likeness (QED) is 0.217. The Balaban J connectivity index is 1.39. The van der Waals surface area contributed by atoms with Crippen LogP contribution in [0.4, 0.5) is 0 Å². The number of rotatable bonds is 6. The second kappa shape index (κ2) is 10.00. The number of aromatic nitrogens is 2. The van der Waals surface area contributed by atoms with Crippen LogP contribution >= 0.6 is 0 Å². The van der Waals surface area contributed by atoms with Gasteiger partial charge in [-0.25, -0.2) is 0 Å². The molecule has 0 N–H and O–H groups in total. The maximum absolute atomic E-state index is 4.39. The van der Waals surface area contributed by atoms with E-state index in [0.29, 0.717) is 0 Å². The number of benzene rings is 4. The average molecular weight is 503 g/mol. The fraction of sp³-hybridized carbons (Fsp3) is 0.0270. The predicted molar refractivity (Wildman–Crippen MR) is 170 cm³/mol. The minimum Gasteiger partial charge on any atom is -0.310 e. The number of para-hydroxylation sites is 2. The van der Waals surface area contributed by atoms with E-state index in [-0.39, 0.29) is 0 Å². The lowest BCUT2D eigenvalue weighted by Crippen LogP contribution is -2.26. The van der Waals surface area contributed by atoms with Crippen LogP contribution in [0.3, 0.4) is 0 Å². The summed E-state index contributed by atoms with van der Waals surface area (Å²) in [4.78, 5) is 0. The molecular formula is C37H30N2. The van der Waals surface area contributed by atoms with Gasteiger partial charge in [-0.1, -0.05) is 105 Å². The molecule has 0 bridgehead atoms. The van der Waals surface area contributed by atoms with Gasteiger partial charge in [0.15, 0.2) is 0 Å². The molecule has 188 valence electrons. The maximum atomic E-state index is 4.39. The van der Waals surface area contributed by atoms with Gasteiger partial charge in [-0.2, -0.15) is 0 Å². The van der Waals surface area contributed by atoms with Gasteiger partial charge in [0.2, 0.25) is 0 Å². The summed E-state index contributed by atoms with van der Waals surface area (Å²) < 4.78 is 4.50. The molecule has 39 heavy (non-hydrogen) atoms. The zero-order valence-electron chi connectivity index (χ0n) is 22.1. The van der Waals surface area contributed by atoms with Crippen LogP contribution in [0.5, 0.6) is 0 Å². The van der Waals surface area contributed by atoms with E-state index in [1.165, 1.54) is 33.0 Å². The van der Waals surface area contributed by atoms with Crippen molar-refractivity contribution in [1.29, 1.82) is 0 Å². The SMILES string of the molecule is C=C/C=c1\c(=C)n(-c2ccc(-c3ccc(-n4c(C=C)c(/C=C\C)c5ccccc54)cc3)cc2)c2ccccc12. The summed E-state index contributed by atoms with van der Waals surface area (Å²) in [6.07, 6.45) is 10.0. The smallest absolute Gasteiger partial charge is 0.0541 e. The number of hydrogen-bond donors (Lipinski definition) is 0. The Hall–Kier alpha value is -5.08. The summed E-state index contributed by atoms with van der Waals surface area (Å²) >= 11 is 0. The molecule has 4 aromatic carbocycles. The molecule has 0 unspecified atom stereocenters. The van der Waals surface area contributed by atoms with Crippen molar-refractivity contribution in [3.8, 4) is 22.5 Å². The first-order chi connectivity index (χ1) is 19.2. The first kappa shape index (κ1) is 24.3. The zero-order chi connectivity index (χ0) is 26.9. The summed E-state index contributed by atoms with van der Waals surface area (Å²) in [5.41, 5.74) is 9.15. The highest BCUT2D eigenvalue weighted by Crippen LogP contribution is 2.32. The molecule has 0 saturated carbocycles. The lowest BCUT2D eigenvalue weighted by atomic mass is 10.0. The number of allylic oxidation sites excluding steroid dienone is 2. The van der Waals surface area contributed by atoms with Crippen LogP contribution in [0, 0.1) is 0 Å². The van der Waals surface area contributed by atoms with Crippen LogP contribution in [-0.2, 0) is 0 Å². The van der Waals surface area contributed by atoms with E-state index < -0.39 is 0 Å². The summed E-state index contributed by atoms with van der Waals surface area (Å²) in [7, 11) is 0. The zero-order valence-corrected chi connectivity index (χ0v) is 22.1. The van der Waals surface area contributed by atoms with Crippen LogP contribution in [0.25, 0.3) is 69.1 Å². The molecular weight excluding hydrogens is 472 g/mol. The molecule has 2 nitrogen and oxygen atoms in total. The third-order valence-corrected chi connectivity index (χ3v) is 7.36. The third kappa shape index (κ3) is 3.98. The van der Waals surface area contributed by atoms with Gasteiger partial charge in [0.05, 0.1) is 16.7 Å². The molecule has 0 aliphatic rings. The Morgan fingerprint density at radius 2 is 1.18 bits per heavy atom. The van der Waals surface area contributed by atoms with E-state index >= 15 is 0 Å². The maximum Gasteiger partial charge on any atom is 0.0541 e. The Bertz CT molecular complexity index is 1990. The molecule has 6 rings (SSSR count). The first-order valence-electron chi connectivity index (χ1n) is 13.2. The van der Waals surface area contributed by atoms with Crippen molar-refractivity contribution in [3.63, 3.8) is 0 Å². The minimum atomic E-state index is 0.961. The Morgan fingerprint density at radius 3 is 1.74 bits per heavy atom. The molecule has 0 radical (unpaired) electrons. The fourth-order valence-electron chi connectivity index (χ4n) is 5.63. The second-order valence-corrected chi connectivity index (χ2v) is 9.56. The van der Waals surface area contributed by atoms with E-state index in [1.54, 1.807) is 0 Å². The van der Waals surface area contributed by atoms with Gasteiger partial charge in [0, 0.05) is 38.3 Å². The van der Waals surface area contributed by atoms with E-state index in [0.717, 1.165) is 33.2 Å². The van der Waals surface area contributed by atoms with Gasteiger partial charge in [-0.05, 0) is 60.5 Å². The molecule has 0 atom stereocenters. The topological polar surface area (TPSA) is 9.86 Å². The molecule has 0 spiro atoms. The lowest BCUT2D eigenvalue weighted by molar-refractivity contribution is 1.07. The van der Waals surface area contributed by atoms with Crippen LogP contribution in [0.15, 0.2) is 122 Å². The largest absolute Gasteiger partial charge is 0.310 e. The number of fused-ring (bicyclic) bond motifs is 2. The highest BCUT2D eigenvalue weighted by atomic mass is 15.0. The van der Waals surface area contributed by atoms with E-state index in [4.69, 9.17) is 0 Å². The first-order valence-corrected chi connectivity index (χ1v) is 13.2. The second-order valence-electron chi connectivity index (χ2n) is 9.56. The van der Waals surface area contributed by atoms with Crippen molar-refractivity contribution >= 4 is 46.6 Å². The molecule has 2 aromatic heterocycles. The highest BCUT2D eigenvalue weighted by molar-refractivity contribution is 5.95. The Labute approximate surface area is 229 Å². The van der Waals surface area contributed by atoms with Gasteiger partial charge in [0.1, 0.15) is 0 Å². The molecule has 0 aliphatic heterocycles. The summed E-state index contributed by atoms with van der Waals surface area (Å²) in [5, 5.41) is 4.47. The number of hydrogen-bond acceptors (Lipinski definition) is 0. The van der Waals surface area contributed by atoms with Crippen molar-refractivity contribution in [2.24, 2.45) is 0 Å². The van der Waals surface area contributed by atoms with Crippen LogP contribution in [0.2, 0.25) is 0 Å². The molecule has 6 aromatic rings. The van der Waals surface area contributed by atoms with Crippen molar-refractivity contribution in [3.05, 3.63) is 144 Å². The van der Waals surface area contributed by atoms with E-state index in [1.807, 2.05) is 25.2 Å². The van der Waals surface area contributed by atoms with E-state index in [2.05, 4.69) is 138 Å². The van der Waals surface area contributed by atoms with Gasteiger partial charge in [-0.3, -0.25) is 0 Å². The fourth-order valence-corrected chi connectivity index (χ4v) is 5.63. The Kier molecular flexibility index (Phi) is 6.22. The molecule has 0 amide bonds. The standard InChI is InChI=1S/C37H30N2/c1-5-12-31-26(4)38(36-16-10-8-14-33(31)36)29-22-18-27(19-23-29)28-20-24-30(25-21-28)39-35(7-3)32(13-6-2)34-15-9-11-17-37(34)39/h5-25H,1,3-4H2,2H3/b13-6-,31-12+. The molecule has 0 aliphatic carbocycles. The van der Waals surface area contributed by atoms with Gasteiger partial charge >= 0.3 is 0 Å². The molecule has 2 heterocycles. The van der Waals surface area contributed by atoms with Crippen LogP contribution < -0.4 is 10.6 Å². The van der Waals surface area contributed by atoms with Crippen molar-refractivity contribution in [1.82, 2.24) is 9.13 Å². The Morgan fingerprint density at radius 1 is 0.641 bits per heavy atom. The lowest BCUT2D eigenvalue weighted by Gasteiger charge is -2.11. The molecule has 0 fully saturated rings. The summed E-state index contributed by atoms with van der Waals surface area (Å²) in [6, 6.07) is 34.4. The van der Waals surface area contributed by atoms with Gasteiger partial charge in [0.25, 0.3) is 0 Å². The van der Waals surface area contributed by atoms with E-state index in [9.17, 15) is 0 Å². The average Bonchev–Trinajstić information content (AvgIpc) is 3.45. The predicted octanol–water partition coefficient (Wildman–Crippen LogP) is 8.29.